The number of unbranched alkanes of at least 4 members (excludes halogenated alkanes) is 1. The van der Waals surface area contributed by atoms with Crippen molar-refractivity contribution < 1.29 is 18.7 Å². The summed E-state index contributed by atoms with van der Waals surface area (Å²) >= 11 is 0. The molecule has 18 heavy (non-hydrogen) atoms. The first-order chi connectivity index (χ1) is 8.56. The zero-order chi connectivity index (χ0) is 14.0. The fourth-order valence-electron chi connectivity index (χ4n) is 1.49. The summed E-state index contributed by atoms with van der Waals surface area (Å²) in [5.41, 5.74) is 0.427. The molecule has 0 saturated carbocycles. The second kappa shape index (κ2) is 10.3. The highest BCUT2D eigenvalue weighted by molar-refractivity contribution is 6.55. The highest BCUT2D eigenvalue weighted by Gasteiger charge is 2.28. The van der Waals surface area contributed by atoms with E-state index in [0.29, 0.717) is 18.8 Å². The lowest BCUT2D eigenvalue weighted by Crippen LogP contribution is -2.40. The van der Waals surface area contributed by atoms with Gasteiger partial charge in [-0.15, -0.1) is 0 Å². The van der Waals surface area contributed by atoms with Crippen LogP contribution in [0, 0.1) is 0 Å². The van der Waals surface area contributed by atoms with Gasteiger partial charge in [0.15, 0.2) is 5.91 Å². The molecule has 0 aromatic heterocycles. The average Bonchev–Trinajstić information content (AvgIpc) is 2.33. The van der Waals surface area contributed by atoms with Crippen LogP contribution in [0.15, 0.2) is 12.2 Å². The van der Waals surface area contributed by atoms with E-state index in [1.165, 1.54) is 0 Å². The van der Waals surface area contributed by atoms with Crippen LogP contribution in [-0.2, 0) is 18.7 Å². The standard InChI is InChI=1S/C13H26O4Si/c1-6-9-10-18(17-12(14)11(4)5)13(15-7-2)16-8-3/h13,18H,4,6-10H2,1-3,5H3. The third-order valence-electron chi connectivity index (χ3n) is 2.41. The summed E-state index contributed by atoms with van der Waals surface area (Å²) < 4.78 is 16.6. The molecule has 1 unspecified atom stereocenters. The predicted molar refractivity (Wildman–Crippen MR) is 74.8 cm³/mol. The minimum Gasteiger partial charge on any atom is -0.513 e. The van der Waals surface area contributed by atoms with E-state index >= 15 is 0 Å². The topological polar surface area (TPSA) is 44.8 Å². The van der Waals surface area contributed by atoms with E-state index in [0.717, 1.165) is 18.9 Å². The Balaban J connectivity index is 4.58. The predicted octanol–water partition coefficient (Wildman–Crippen LogP) is 2.57. The van der Waals surface area contributed by atoms with Gasteiger partial charge in [-0.05, 0) is 26.8 Å². The molecule has 106 valence electrons. The zero-order valence-electron chi connectivity index (χ0n) is 12.0. The van der Waals surface area contributed by atoms with Crippen LogP contribution in [0.3, 0.4) is 0 Å². The highest BCUT2D eigenvalue weighted by atomic mass is 28.3. The Morgan fingerprint density at radius 2 is 1.78 bits per heavy atom. The molecule has 0 aromatic rings. The van der Waals surface area contributed by atoms with Crippen LogP contribution in [0.25, 0.3) is 0 Å². The van der Waals surface area contributed by atoms with E-state index in [1.54, 1.807) is 6.92 Å². The lowest BCUT2D eigenvalue weighted by Gasteiger charge is -2.25. The maximum absolute atomic E-state index is 11.6. The first-order valence-corrected chi connectivity index (χ1v) is 8.61. The quantitative estimate of drug-likeness (QED) is 0.349. The van der Waals surface area contributed by atoms with Gasteiger partial charge in [-0.2, -0.15) is 0 Å². The lowest BCUT2D eigenvalue weighted by atomic mass is 10.4. The molecule has 4 nitrogen and oxygen atoms in total. The van der Waals surface area contributed by atoms with Crippen molar-refractivity contribution in [1.82, 2.24) is 0 Å². The number of hydrogen-bond donors (Lipinski definition) is 0. The summed E-state index contributed by atoms with van der Waals surface area (Å²) in [6.45, 7) is 12.3. The second-order valence-corrected chi connectivity index (χ2v) is 6.58. The van der Waals surface area contributed by atoms with E-state index in [1.807, 2.05) is 13.8 Å². The molecule has 0 N–H and O–H groups in total. The Morgan fingerprint density at radius 3 is 2.17 bits per heavy atom. The summed E-state index contributed by atoms with van der Waals surface area (Å²) in [5, 5.41) is 0. The van der Waals surface area contributed by atoms with Crippen LogP contribution in [-0.4, -0.2) is 34.1 Å². The number of rotatable bonds is 10. The molecule has 1 atom stereocenters. The fraction of sp³-hybridized carbons (Fsp3) is 0.769. The minimum atomic E-state index is -1.87. The van der Waals surface area contributed by atoms with Gasteiger partial charge in [-0.3, -0.25) is 0 Å². The van der Waals surface area contributed by atoms with E-state index < -0.39 is 9.04 Å². The Kier molecular flexibility index (Phi) is 9.91. The summed E-state index contributed by atoms with van der Waals surface area (Å²) in [7, 11) is -1.87. The third kappa shape index (κ3) is 6.93. The van der Waals surface area contributed by atoms with Gasteiger partial charge in [0, 0.05) is 18.8 Å². The van der Waals surface area contributed by atoms with Gasteiger partial charge in [0.2, 0.25) is 0 Å². The Morgan fingerprint density at radius 1 is 1.22 bits per heavy atom. The first kappa shape index (κ1) is 17.3. The summed E-state index contributed by atoms with van der Waals surface area (Å²) in [6.07, 6.45) is 2.09. The van der Waals surface area contributed by atoms with Gasteiger partial charge in [0.05, 0.1) is 0 Å². The Hall–Kier alpha value is -0.653. The number of hydrogen-bond acceptors (Lipinski definition) is 4. The SMILES string of the molecule is C=C(C)C(=O)O[SiH](CCCC)C(OCC)OCC. The van der Waals surface area contributed by atoms with Crippen LogP contribution in [0.1, 0.15) is 40.5 Å². The van der Waals surface area contributed by atoms with Crippen LogP contribution in [0.4, 0.5) is 0 Å². The van der Waals surface area contributed by atoms with Crippen molar-refractivity contribution in [3.63, 3.8) is 0 Å². The molecule has 0 aliphatic carbocycles. The molecule has 0 fully saturated rings. The van der Waals surface area contributed by atoms with Gasteiger partial charge in [0.1, 0.15) is 0 Å². The molecule has 0 heterocycles. The lowest BCUT2D eigenvalue weighted by molar-refractivity contribution is -0.134. The largest absolute Gasteiger partial charge is 0.513 e. The van der Waals surface area contributed by atoms with Crippen molar-refractivity contribution in [2.24, 2.45) is 0 Å². The minimum absolute atomic E-state index is 0.327. The molecular weight excluding hydrogens is 248 g/mol. The van der Waals surface area contributed by atoms with Crippen molar-refractivity contribution in [3.05, 3.63) is 12.2 Å². The monoisotopic (exact) mass is 274 g/mol. The molecule has 0 bridgehead atoms. The normalized spacial score (nSPS) is 12.5. The molecule has 0 aromatic carbocycles. The van der Waals surface area contributed by atoms with Crippen molar-refractivity contribution >= 4 is 15.0 Å². The number of carbonyl (C=O) groups excluding carboxylic acids is 1. The number of carbonyl (C=O) groups is 1. The van der Waals surface area contributed by atoms with Gasteiger partial charge in [-0.1, -0.05) is 26.3 Å². The highest BCUT2D eigenvalue weighted by Crippen LogP contribution is 2.13. The van der Waals surface area contributed by atoms with E-state index in [9.17, 15) is 4.79 Å². The maximum Gasteiger partial charge on any atom is 0.319 e. The van der Waals surface area contributed by atoms with E-state index in [2.05, 4.69) is 13.5 Å². The molecular formula is C13H26O4Si. The van der Waals surface area contributed by atoms with Crippen LogP contribution >= 0.6 is 0 Å². The summed E-state index contributed by atoms with van der Waals surface area (Å²) in [4.78, 5) is 11.6. The molecule has 0 saturated heterocycles. The van der Waals surface area contributed by atoms with E-state index in [-0.39, 0.29) is 11.9 Å². The molecule has 0 amide bonds. The zero-order valence-corrected chi connectivity index (χ0v) is 13.2. The summed E-state index contributed by atoms with van der Waals surface area (Å²) in [6, 6.07) is 0.875. The van der Waals surface area contributed by atoms with Crippen molar-refractivity contribution in [1.29, 1.82) is 0 Å². The van der Waals surface area contributed by atoms with Crippen LogP contribution < -0.4 is 0 Å². The van der Waals surface area contributed by atoms with Crippen molar-refractivity contribution in [2.75, 3.05) is 13.2 Å². The number of ether oxygens (including phenoxy) is 2. The average molecular weight is 274 g/mol. The molecule has 0 aliphatic heterocycles. The smallest absolute Gasteiger partial charge is 0.319 e. The second-order valence-electron chi connectivity index (χ2n) is 4.15. The van der Waals surface area contributed by atoms with Crippen molar-refractivity contribution in [2.45, 2.75) is 52.5 Å². The van der Waals surface area contributed by atoms with E-state index in [4.69, 9.17) is 13.9 Å². The summed E-state index contributed by atoms with van der Waals surface area (Å²) in [5.74, 6) is -0.679. The van der Waals surface area contributed by atoms with Gasteiger partial charge in [0.25, 0.3) is 9.04 Å². The van der Waals surface area contributed by atoms with Gasteiger partial charge in [-0.25, -0.2) is 4.79 Å². The van der Waals surface area contributed by atoms with Crippen LogP contribution in [0.5, 0.6) is 0 Å². The Labute approximate surface area is 112 Å². The van der Waals surface area contributed by atoms with Crippen molar-refractivity contribution in [3.8, 4) is 0 Å². The molecule has 0 rings (SSSR count). The first-order valence-electron chi connectivity index (χ1n) is 6.66. The molecule has 0 radical (unpaired) electrons. The molecule has 5 heteroatoms. The molecule has 0 aliphatic rings. The van der Waals surface area contributed by atoms with Gasteiger partial charge < -0.3 is 13.9 Å². The fourth-order valence-corrected chi connectivity index (χ4v) is 4.09. The maximum atomic E-state index is 11.6. The third-order valence-corrected chi connectivity index (χ3v) is 4.90. The van der Waals surface area contributed by atoms with Crippen LogP contribution in [0.2, 0.25) is 6.04 Å². The Bertz CT molecular complexity index is 249. The van der Waals surface area contributed by atoms with Gasteiger partial charge >= 0.3 is 5.97 Å². The molecule has 0 spiro atoms.